The third-order valence-corrected chi connectivity index (χ3v) is 6.78. The maximum absolute atomic E-state index is 13.0. The van der Waals surface area contributed by atoms with E-state index in [0.717, 1.165) is 23.0 Å². The van der Waals surface area contributed by atoms with E-state index in [1.54, 1.807) is 0 Å². The first-order valence-corrected chi connectivity index (χ1v) is 13.0. The van der Waals surface area contributed by atoms with E-state index in [1.807, 2.05) is 35.7 Å². The largest absolute Gasteiger partial charge is 0.451 e. The summed E-state index contributed by atoms with van der Waals surface area (Å²) in [6.07, 6.45) is -5.22. The summed E-state index contributed by atoms with van der Waals surface area (Å²) in [6, 6.07) is 4.02. The second-order valence-corrected chi connectivity index (χ2v) is 9.99. The van der Waals surface area contributed by atoms with Gasteiger partial charge in [0.05, 0.1) is 11.8 Å². The molecule has 1 saturated carbocycles. The number of benzene rings is 1. The first-order valence-electron chi connectivity index (χ1n) is 11.4. The Labute approximate surface area is 200 Å². The Balaban J connectivity index is 2.02. The Morgan fingerprint density at radius 2 is 1.44 bits per heavy atom. The van der Waals surface area contributed by atoms with Crippen LogP contribution in [0.1, 0.15) is 42.4 Å². The lowest BCUT2D eigenvalue weighted by Crippen LogP contribution is -2.41. The molecule has 0 amide bonds. The number of esters is 2. The summed E-state index contributed by atoms with van der Waals surface area (Å²) >= 11 is 0. The van der Waals surface area contributed by atoms with Crippen LogP contribution in [0.3, 0.4) is 0 Å². The molecule has 1 aliphatic carbocycles. The van der Waals surface area contributed by atoms with Crippen molar-refractivity contribution in [3.05, 3.63) is 28.8 Å². The number of rotatable bonds is 9. The molecule has 1 fully saturated rings. The van der Waals surface area contributed by atoms with E-state index >= 15 is 0 Å². The normalized spacial score (nSPS) is 19.9. The van der Waals surface area contributed by atoms with E-state index in [1.165, 1.54) is 0 Å². The predicted molar refractivity (Wildman–Crippen MR) is 127 cm³/mol. The Morgan fingerprint density at radius 3 is 1.82 bits per heavy atom. The van der Waals surface area contributed by atoms with Gasteiger partial charge in [0.25, 0.3) is 10.1 Å². The third kappa shape index (κ3) is 7.79. The first-order chi connectivity index (χ1) is 15.8. The molecule has 186 valence electrons. The van der Waals surface area contributed by atoms with Crippen LogP contribution >= 0.6 is 0 Å². The van der Waals surface area contributed by atoms with Gasteiger partial charge in [-0.1, -0.05) is 36.7 Å². The van der Waals surface area contributed by atoms with Crippen LogP contribution in [0.5, 0.6) is 5.75 Å². The summed E-state index contributed by atoms with van der Waals surface area (Å²) in [5.74, 6) is -4.28. The molecule has 0 spiro atoms. The summed E-state index contributed by atoms with van der Waals surface area (Å²) in [5, 5.41) is 0. The van der Waals surface area contributed by atoms with Gasteiger partial charge in [0.15, 0.2) is 0 Å². The minimum Gasteiger partial charge on any atom is -0.451 e. The summed E-state index contributed by atoms with van der Waals surface area (Å²) in [6.45, 7) is 0. The third-order valence-electron chi connectivity index (χ3n) is 6.05. The minimum absolute atomic E-state index is 0.102. The topological polar surface area (TPSA) is 107 Å². The van der Waals surface area contributed by atoms with Crippen LogP contribution in [0.25, 0.3) is 0 Å². The van der Waals surface area contributed by atoms with Gasteiger partial charge in [-0.05, 0) is 36.8 Å². The number of carbonyl (C=O) groups excluding carboxylic acids is 2. The van der Waals surface area contributed by atoms with Crippen LogP contribution < -0.4 is 4.74 Å². The highest BCUT2D eigenvalue weighted by molar-refractivity contribution is 7.85. The lowest BCUT2D eigenvalue weighted by atomic mass is 9.82. The lowest BCUT2D eigenvalue weighted by Gasteiger charge is -2.28. The number of carbonyl (C=O) groups is 2. The summed E-state index contributed by atoms with van der Waals surface area (Å²) in [4.78, 5) is 25.0. The quantitative estimate of drug-likeness (QED) is 0.222. The summed E-state index contributed by atoms with van der Waals surface area (Å²) in [7, 11) is 0.979. The summed E-state index contributed by atoms with van der Waals surface area (Å²) in [5.41, 5.74) is 3.01. The zero-order valence-corrected chi connectivity index (χ0v) is 20.3. The van der Waals surface area contributed by atoms with Gasteiger partial charge in [-0.2, -0.15) is 21.6 Å². The molecular weight excluding hydrogens is 474 g/mol. The van der Waals surface area contributed by atoms with Crippen molar-refractivity contribution in [1.82, 2.24) is 0 Å². The molecule has 0 saturated heterocycles. The fourth-order valence-corrected chi connectivity index (χ4v) is 4.70. The van der Waals surface area contributed by atoms with Crippen molar-refractivity contribution in [2.75, 3.05) is 5.75 Å². The molecule has 2 rings (SSSR count). The van der Waals surface area contributed by atoms with Crippen molar-refractivity contribution < 1.29 is 45.2 Å². The average Bonchev–Trinajstić information content (AvgIpc) is 2.77. The van der Waals surface area contributed by atoms with E-state index in [2.05, 4.69) is 4.74 Å². The zero-order chi connectivity index (χ0) is 25.7. The molecule has 0 bridgehead atoms. The van der Waals surface area contributed by atoms with Crippen molar-refractivity contribution >= 4 is 45.6 Å². The number of hydrogen-bond donors (Lipinski definition) is 1. The van der Waals surface area contributed by atoms with Crippen molar-refractivity contribution in [3.63, 3.8) is 0 Å². The van der Waals surface area contributed by atoms with Gasteiger partial charge >= 0.3 is 18.1 Å². The molecule has 0 heterocycles. The number of alkyl halides is 3. The molecule has 0 aliphatic heterocycles. The van der Waals surface area contributed by atoms with Crippen molar-refractivity contribution in [1.29, 1.82) is 0 Å². The van der Waals surface area contributed by atoms with Crippen LogP contribution in [-0.2, 0) is 43.4 Å². The number of hydrogen-bond acceptors (Lipinski definition) is 6. The highest BCUT2D eigenvalue weighted by Gasteiger charge is 2.46. The molecule has 1 unspecified atom stereocenters. The van der Waals surface area contributed by atoms with E-state index in [-0.39, 0.29) is 25.7 Å². The predicted octanol–water partition coefficient (Wildman–Crippen LogP) is 0.160. The molecule has 34 heavy (non-hydrogen) atoms. The molecule has 7 nitrogen and oxygen atoms in total. The fraction of sp³-hybridized carbons (Fsp3) is 0.600. The second-order valence-electron chi connectivity index (χ2n) is 8.49. The number of ether oxygens (including phenoxy) is 2. The smallest absolute Gasteiger partial charge is 0.426 e. The second kappa shape index (κ2) is 11.7. The zero-order valence-electron chi connectivity index (χ0n) is 19.5. The van der Waals surface area contributed by atoms with Gasteiger partial charge in [-0.25, -0.2) is 0 Å². The number of halogens is 3. The Kier molecular flexibility index (Phi) is 9.70. The molecule has 0 radical (unpaired) electrons. The standard InChI is InChI=1S/C20H28B3F3O7S/c21-7-11-5-14(8-22)17(15(6-11)9-23)33-19(28)13-3-1-12(2-4-13)18(27)32-16(20(24,25)26)10-34(29,30)31/h5-6,12-13,16H,1-4,7-10,21-23H2,(H,29,30,31). The fourth-order valence-electron chi connectivity index (χ4n) is 4.06. The van der Waals surface area contributed by atoms with Crippen molar-refractivity contribution in [3.8, 4) is 5.75 Å². The van der Waals surface area contributed by atoms with Crippen LogP contribution in [0.15, 0.2) is 12.1 Å². The summed E-state index contributed by atoms with van der Waals surface area (Å²) < 4.78 is 79.6. The highest BCUT2D eigenvalue weighted by atomic mass is 32.2. The molecule has 1 aliphatic rings. The van der Waals surface area contributed by atoms with Crippen molar-refractivity contribution in [2.24, 2.45) is 11.8 Å². The Morgan fingerprint density at radius 1 is 0.971 bits per heavy atom. The minimum atomic E-state index is -5.15. The molecule has 14 heteroatoms. The average molecular weight is 502 g/mol. The molecule has 1 aromatic rings. The highest BCUT2D eigenvalue weighted by Crippen LogP contribution is 2.34. The van der Waals surface area contributed by atoms with Crippen molar-refractivity contribution in [2.45, 2.75) is 56.9 Å². The SMILES string of the molecule is BCc1cc(CB)c(OC(=O)C2CCC(C(=O)OC(CS(=O)(=O)O)C(F)(F)F)CC2)c(CB)c1. The molecule has 1 aromatic carbocycles. The van der Waals surface area contributed by atoms with E-state index in [4.69, 9.17) is 9.29 Å². The molecule has 1 atom stereocenters. The first kappa shape index (κ1) is 28.3. The molecular formula is C20H28B3F3O7S. The Hall–Kier alpha value is -1.95. The van der Waals surface area contributed by atoms with Gasteiger partial charge in [0.1, 0.15) is 35.0 Å². The Bertz CT molecular complexity index is 969. The van der Waals surface area contributed by atoms with Gasteiger partial charge in [-0.3, -0.25) is 14.1 Å². The van der Waals surface area contributed by atoms with Gasteiger partial charge in [0, 0.05) is 0 Å². The van der Waals surface area contributed by atoms with Gasteiger partial charge in [0.2, 0.25) is 6.10 Å². The molecule has 0 aromatic heterocycles. The van der Waals surface area contributed by atoms with E-state index < -0.39 is 51.9 Å². The van der Waals surface area contributed by atoms with Crippen LogP contribution in [-0.4, -0.2) is 66.5 Å². The molecule has 1 N–H and O–H groups in total. The van der Waals surface area contributed by atoms with E-state index in [0.29, 0.717) is 18.4 Å². The van der Waals surface area contributed by atoms with Gasteiger partial charge < -0.3 is 9.47 Å². The van der Waals surface area contributed by atoms with Crippen LogP contribution in [0, 0.1) is 11.8 Å². The maximum atomic E-state index is 13.0. The lowest BCUT2D eigenvalue weighted by molar-refractivity contribution is -0.218. The maximum Gasteiger partial charge on any atom is 0.426 e. The van der Waals surface area contributed by atoms with Crippen LogP contribution in [0.4, 0.5) is 13.2 Å². The van der Waals surface area contributed by atoms with Gasteiger partial charge in [-0.15, -0.1) is 0 Å². The van der Waals surface area contributed by atoms with Crippen LogP contribution in [0.2, 0.25) is 0 Å². The van der Waals surface area contributed by atoms with E-state index in [9.17, 15) is 31.2 Å². The monoisotopic (exact) mass is 502 g/mol.